The van der Waals surface area contributed by atoms with Crippen LogP contribution in [0.3, 0.4) is 0 Å². The largest absolute Gasteiger partial charge is 0.409 e. The van der Waals surface area contributed by atoms with Gasteiger partial charge in [-0.2, -0.15) is 0 Å². The zero-order chi connectivity index (χ0) is 13.8. The zero-order valence-electron chi connectivity index (χ0n) is 10.1. The highest BCUT2D eigenvalue weighted by molar-refractivity contribution is 7.13. The summed E-state index contributed by atoms with van der Waals surface area (Å²) in [5.41, 5.74) is 6.65. The molecule has 1 aromatic carbocycles. The van der Waals surface area contributed by atoms with E-state index in [4.69, 9.17) is 10.9 Å². The number of carbonyl (C=O) groups excluding carboxylic acids is 1. The lowest BCUT2D eigenvalue weighted by molar-refractivity contribution is 0.103. The molecule has 7 heteroatoms. The topological polar surface area (TPSA) is 101 Å². The van der Waals surface area contributed by atoms with Crippen LogP contribution in [-0.4, -0.2) is 21.9 Å². The van der Waals surface area contributed by atoms with Crippen LogP contribution < -0.4 is 11.1 Å². The number of anilines is 1. The molecule has 0 spiro atoms. The average Bonchev–Trinajstić information content (AvgIpc) is 2.85. The van der Waals surface area contributed by atoms with Crippen molar-refractivity contribution in [3.8, 4) is 0 Å². The Kier molecular flexibility index (Phi) is 3.76. The second kappa shape index (κ2) is 5.49. The lowest BCUT2D eigenvalue weighted by atomic mass is 10.2. The van der Waals surface area contributed by atoms with Gasteiger partial charge in [0.05, 0.1) is 11.2 Å². The maximum absolute atomic E-state index is 11.9. The summed E-state index contributed by atoms with van der Waals surface area (Å²) >= 11 is 1.33. The van der Waals surface area contributed by atoms with Gasteiger partial charge in [0, 0.05) is 11.3 Å². The van der Waals surface area contributed by atoms with Crippen LogP contribution in [0.5, 0.6) is 0 Å². The van der Waals surface area contributed by atoms with Crippen molar-refractivity contribution in [2.24, 2.45) is 10.9 Å². The Morgan fingerprint density at radius 3 is 2.63 bits per heavy atom. The first-order valence-corrected chi connectivity index (χ1v) is 6.23. The van der Waals surface area contributed by atoms with Gasteiger partial charge in [-0.15, -0.1) is 11.3 Å². The van der Waals surface area contributed by atoms with Gasteiger partial charge in [-0.3, -0.25) is 4.79 Å². The minimum Gasteiger partial charge on any atom is -0.409 e. The third-order valence-corrected chi connectivity index (χ3v) is 3.30. The van der Waals surface area contributed by atoms with Crippen molar-refractivity contribution in [2.45, 2.75) is 6.92 Å². The second-order valence-corrected chi connectivity index (χ2v) is 5.00. The lowest BCUT2D eigenvalue weighted by Crippen LogP contribution is -2.13. The van der Waals surface area contributed by atoms with Gasteiger partial charge in [-0.05, 0) is 31.2 Å². The summed E-state index contributed by atoms with van der Waals surface area (Å²) in [6.07, 6.45) is 1.54. The molecule has 0 saturated carbocycles. The SMILES string of the molecule is Cc1ncc(C(=O)Nc2ccc(/C(N)=N/O)cc2)s1. The smallest absolute Gasteiger partial charge is 0.267 e. The van der Waals surface area contributed by atoms with E-state index in [1.165, 1.54) is 11.3 Å². The van der Waals surface area contributed by atoms with Crippen LogP contribution in [0.15, 0.2) is 35.6 Å². The van der Waals surface area contributed by atoms with Crippen molar-refractivity contribution in [2.75, 3.05) is 5.32 Å². The molecule has 2 rings (SSSR count). The molecule has 1 heterocycles. The first-order chi connectivity index (χ1) is 9.10. The number of hydrogen-bond acceptors (Lipinski definition) is 5. The molecule has 0 aliphatic rings. The Labute approximate surface area is 113 Å². The van der Waals surface area contributed by atoms with Crippen molar-refractivity contribution < 1.29 is 10.0 Å². The number of nitrogens with two attached hydrogens (primary N) is 1. The number of rotatable bonds is 3. The fourth-order valence-corrected chi connectivity index (χ4v) is 2.11. The molecule has 19 heavy (non-hydrogen) atoms. The van der Waals surface area contributed by atoms with E-state index in [9.17, 15) is 4.79 Å². The molecule has 6 nitrogen and oxygen atoms in total. The molecule has 1 aromatic heterocycles. The van der Waals surface area contributed by atoms with Gasteiger partial charge < -0.3 is 16.3 Å². The van der Waals surface area contributed by atoms with Gasteiger partial charge in [0.1, 0.15) is 4.88 Å². The van der Waals surface area contributed by atoms with Crippen LogP contribution in [0.2, 0.25) is 0 Å². The Bertz CT molecular complexity index is 619. The van der Waals surface area contributed by atoms with E-state index in [2.05, 4.69) is 15.5 Å². The molecular formula is C12H12N4O2S. The van der Waals surface area contributed by atoms with Crippen LogP contribution in [0.25, 0.3) is 0 Å². The molecule has 0 aliphatic carbocycles. The predicted molar refractivity (Wildman–Crippen MR) is 73.8 cm³/mol. The van der Waals surface area contributed by atoms with Crippen molar-refractivity contribution >= 4 is 28.8 Å². The molecule has 0 unspecified atom stereocenters. The number of hydrogen-bond donors (Lipinski definition) is 3. The zero-order valence-corrected chi connectivity index (χ0v) is 10.9. The maximum Gasteiger partial charge on any atom is 0.267 e. The maximum atomic E-state index is 11.9. The Hall–Kier alpha value is -2.41. The van der Waals surface area contributed by atoms with E-state index in [1.54, 1.807) is 30.5 Å². The van der Waals surface area contributed by atoms with Gasteiger partial charge >= 0.3 is 0 Å². The number of nitrogens with zero attached hydrogens (tertiary/aromatic N) is 2. The summed E-state index contributed by atoms with van der Waals surface area (Å²) in [7, 11) is 0. The molecule has 0 saturated heterocycles. The Morgan fingerprint density at radius 1 is 1.42 bits per heavy atom. The number of carbonyl (C=O) groups is 1. The Balaban J connectivity index is 2.10. The molecule has 0 atom stereocenters. The second-order valence-electron chi connectivity index (χ2n) is 3.76. The number of aryl methyl sites for hydroxylation is 1. The van der Waals surface area contributed by atoms with Crippen molar-refractivity contribution in [1.82, 2.24) is 4.98 Å². The molecule has 0 bridgehead atoms. The average molecular weight is 276 g/mol. The lowest BCUT2D eigenvalue weighted by Gasteiger charge is -2.04. The minimum absolute atomic E-state index is 0.0240. The molecule has 0 fully saturated rings. The number of benzene rings is 1. The number of oxime groups is 1. The van der Waals surface area contributed by atoms with Crippen LogP contribution in [0.1, 0.15) is 20.2 Å². The third kappa shape index (κ3) is 3.08. The van der Waals surface area contributed by atoms with E-state index < -0.39 is 0 Å². The highest BCUT2D eigenvalue weighted by Crippen LogP contribution is 2.15. The minimum atomic E-state index is -0.206. The normalized spacial score (nSPS) is 11.3. The summed E-state index contributed by atoms with van der Waals surface area (Å²) in [4.78, 5) is 16.5. The van der Waals surface area contributed by atoms with Crippen molar-refractivity contribution in [1.29, 1.82) is 0 Å². The number of amides is 1. The molecule has 2 aromatic rings. The van der Waals surface area contributed by atoms with Crippen molar-refractivity contribution in [3.05, 3.63) is 45.9 Å². The number of nitrogens with one attached hydrogen (secondary N) is 1. The number of thiazole rings is 1. The van der Waals surface area contributed by atoms with Gasteiger partial charge in [0.2, 0.25) is 0 Å². The summed E-state index contributed by atoms with van der Waals surface area (Å²) in [6.45, 7) is 1.84. The standard InChI is InChI=1S/C12H12N4O2S/c1-7-14-6-10(19-7)12(17)15-9-4-2-8(3-5-9)11(13)16-18/h2-6,18H,1H3,(H2,13,16)(H,15,17). The monoisotopic (exact) mass is 276 g/mol. The number of aromatic nitrogens is 1. The van der Waals surface area contributed by atoms with E-state index in [0.29, 0.717) is 16.1 Å². The highest BCUT2D eigenvalue weighted by Gasteiger charge is 2.09. The molecule has 0 radical (unpaired) electrons. The van der Waals surface area contributed by atoms with Crippen LogP contribution in [0.4, 0.5) is 5.69 Å². The van der Waals surface area contributed by atoms with Crippen LogP contribution in [0, 0.1) is 6.92 Å². The fourth-order valence-electron chi connectivity index (χ4n) is 1.44. The van der Waals surface area contributed by atoms with E-state index >= 15 is 0 Å². The molecule has 1 amide bonds. The van der Waals surface area contributed by atoms with E-state index in [1.807, 2.05) is 6.92 Å². The van der Waals surface area contributed by atoms with Crippen LogP contribution in [-0.2, 0) is 0 Å². The summed E-state index contributed by atoms with van der Waals surface area (Å²) in [5, 5.41) is 15.0. The van der Waals surface area contributed by atoms with E-state index in [0.717, 1.165) is 5.01 Å². The fraction of sp³-hybridized carbons (Fsp3) is 0.0833. The van der Waals surface area contributed by atoms with Gasteiger partial charge in [0.25, 0.3) is 5.91 Å². The Morgan fingerprint density at radius 2 is 2.11 bits per heavy atom. The first-order valence-electron chi connectivity index (χ1n) is 5.42. The van der Waals surface area contributed by atoms with E-state index in [-0.39, 0.29) is 11.7 Å². The predicted octanol–water partition coefficient (Wildman–Crippen LogP) is 1.80. The molecule has 0 aliphatic heterocycles. The summed E-state index contributed by atoms with van der Waals surface area (Å²) in [5.74, 6) is -0.182. The van der Waals surface area contributed by atoms with Crippen molar-refractivity contribution in [3.63, 3.8) is 0 Å². The highest BCUT2D eigenvalue weighted by atomic mass is 32.1. The molecular weight excluding hydrogens is 264 g/mol. The van der Waals surface area contributed by atoms with Gasteiger partial charge in [-0.1, -0.05) is 5.16 Å². The first kappa shape index (κ1) is 13.0. The van der Waals surface area contributed by atoms with Gasteiger partial charge in [0.15, 0.2) is 5.84 Å². The van der Waals surface area contributed by atoms with Crippen LogP contribution >= 0.6 is 11.3 Å². The molecule has 4 N–H and O–H groups in total. The van der Waals surface area contributed by atoms with Gasteiger partial charge in [-0.25, -0.2) is 4.98 Å². The quantitative estimate of drug-likeness (QED) is 0.344. The summed E-state index contributed by atoms with van der Waals surface area (Å²) in [6, 6.07) is 6.67. The third-order valence-electron chi connectivity index (χ3n) is 2.39. The summed E-state index contributed by atoms with van der Waals surface area (Å²) < 4.78 is 0. The molecule has 98 valence electrons. The number of amidine groups is 1.